The van der Waals surface area contributed by atoms with E-state index < -0.39 is 23.2 Å². The van der Waals surface area contributed by atoms with Gasteiger partial charge in [0.15, 0.2) is 0 Å². The maximum Gasteiger partial charge on any atom is 0.416 e. The van der Waals surface area contributed by atoms with E-state index in [9.17, 15) is 27.9 Å². The van der Waals surface area contributed by atoms with Gasteiger partial charge in [-0.05, 0) is 62.4 Å². The first kappa shape index (κ1) is 25.1. The Morgan fingerprint density at radius 3 is 2.57 bits per heavy atom. The average molecular weight is 491 g/mol. The largest absolute Gasteiger partial charge is 0.416 e. The van der Waals surface area contributed by atoms with E-state index in [0.29, 0.717) is 31.1 Å². The minimum atomic E-state index is -4.54. The molecule has 10 heteroatoms. The van der Waals surface area contributed by atoms with Gasteiger partial charge in [-0.2, -0.15) is 13.2 Å². The first-order valence-electron chi connectivity index (χ1n) is 11.8. The third kappa shape index (κ3) is 6.18. The molecule has 1 atom stereocenters. The number of hydrogen-bond donors (Lipinski definition) is 3. The molecule has 1 aliphatic heterocycles. The Labute approximate surface area is 201 Å². The van der Waals surface area contributed by atoms with Crippen molar-refractivity contribution in [3.63, 3.8) is 0 Å². The van der Waals surface area contributed by atoms with Crippen LogP contribution >= 0.6 is 0 Å². The van der Waals surface area contributed by atoms with Crippen molar-refractivity contribution < 1.29 is 27.9 Å². The van der Waals surface area contributed by atoms with Gasteiger partial charge in [0.1, 0.15) is 5.60 Å². The molecular formula is C25H29F3N4O3. The van der Waals surface area contributed by atoms with Crippen molar-refractivity contribution in [2.75, 3.05) is 19.6 Å². The quantitative estimate of drug-likeness (QED) is 0.579. The van der Waals surface area contributed by atoms with Crippen LogP contribution in [0.15, 0.2) is 48.7 Å². The number of aromatic nitrogens is 1. The van der Waals surface area contributed by atoms with E-state index in [1.165, 1.54) is 6.07 Å². The van der Waals surface area contributed by atoms with Crippen LogP contribution in [0.3, 0.4) is 0 Å². The highest BCUT2D eigenvalue weighted by Gasteiger charge is 2.39. The number of halogens is 3. The smallest absolute Gasteiger partial charge is 0.384 e. The number of nitrogens with one attached hydrogen (secondary N) is 2. The van der Waals surface area contributed by atoms with Crippen molar-refractivity contribution in [3.05, 3.63) is 65.5 Å². The fraction of sp³-hybridized carbons (Fsp3) is 0.480. The van der Waals surface area contributed by atoms with E-state index in [-0.39, 0.29) is 24.1 Å². The zero-order chi connectivity index (χ0) is 25.1. The highest BCUT2D eigenvalue weighted by molar-refractivity contribution is 5.96. The van der Waals surface area contributed by atoms with E-state index in [2.05, 4.69) is 20.5 Å². The zero-order valence-corrected chi connectivity index (χ0v) is 19.2. The van der Waals surface area contributed by atoms with E-state index >= 15 is 0 Å². The van der Waals surface area contributed by atoms with Crippen molar-refractivity contribution in [2.24, 2.45) is 0 Å². The molecule has 2 fully saturated rings. The predicted molar refractivity (Wildman–Crippen MR) is 122 cm³/mol. The Morgan fingerprint density at radius 1 is 1.11 bits per heavy atom. The van der Waals surface area contributed by atoms with Crippen molar-refractivity contribution in [1.82, 2.24) is 20.5 Å². The van der Waals surface area contributed by atoms with Gasteiger partial charge in [0.2, 0.25) is 5.91 Å². The fourth-order valence-electron chi connectivity index (χ4n) is 4.95. The Hall–Kier alpha value is -2.98. The maximum atomic E-state index is 12.8. The maximum absolute atomic E-state index is 12.8. The van der Waals surface area contributed by atoms with Crippen molar-refractivity contribution in [2.45, 2.75) is 56.0 Å². The van der Waals surface area contributed by atoms with Crippen LogP contribution in [0.1, 0.15) is 53.7 Å². The lowest BCUT2D eigenvalue weighted by atomic mass is 9.79. The van der Waals surface area contributed by atoms with Crippen LogP contribution in [0.25, 0.3) is 0 Å². The van der Waals surface area contributed by atoms with Gasteiger partial charge >= 0.3 is 6.18 Å². The molecule has 2 aliphatic rings. The van der Waals surface area contributed by atoms with Crippen LogP contribution in [-0.4, -0.2) is 58.5 Å². The minimum Gasteiger partial charge on any atom is -0.384 e. The summed E-state index contributed by atoms with van der Waals surface area (Å²) in [6.45, 7) is 1.19. The fourth-order valence-corrected chi connectivity index (χ4v) is 4.95. The van der Waals surface area contributed by atoms with Gasteiger partial charge in [-0.15, -0.1) is 0 Å². The van der Waals surface area contributed by atoms with E-state index in [1.54, 1.807) is 6.20 Å². The van der Waals surface area contributed by atoms with E-state index in [0.717, 1.165) is 44.0 Å². The third-order valence-corrected chi connectivity index (χ3v) is 6.89. The standard InChI is InChI=1S/C25H29F3N4O3/c26-25(27,28)18-5-3-4-17(14-18)23(34)30-15-22(33)31-19-9-13-32(16-19)20-7-10-24(35,11-8-20)21-6-1-2-12-29-21/h1-6,12,14,19-20,35H,7-11,13,15-16H2,(H,30,34)(H,31,33)/t19-,20?,24?/m1/s1. The number of nitrogens with zero attached hydrogens (tertiary/aromatic N) is 2. The molecule has 0 unspecified atom stereocenters. The van der Waals surface area contributed by atoms with Crippen LogP contribution in [0, 0.1) is 0 Å². The molecule has 3 N–H and O–H groups in total. The molecule has 1 saturated heterocycles. The molecule has 0 bridgehead atoms. The molecule has 7 nitrogen and oxygen atoms in total. The number of aliphatic hydroxyl groups is 1. The topological polar surface area (TPSA) is 94.6 Å². The number of carbonyl (C=O) groups excluding carboxylic acids is 2. The van der Waals surface area contributed by atoms with Crippen molar-refractivity contribution in [1.29, 1.82) is 0 Å². The molecule has 35 heavy (non-hydrogen) atoms. The SMILES string of the molecule is O=C(CNC(=O)c1cccc(C(F)(F)F)c1)N[C@@H]1CCN(C2CCC(O)(c3ccccn3)CC2)C1. The number of hydrogen-bond acceptors (Lipinski definition) is 5. The second-order valence-corrected chi connectivity index (χ2v) is 9.29. The molecule has 1 aromatic heterocycles. The third-order valence-electron chi connectivity index (χ3n) is 6.89. The number of carbonyl (C=O) groups is 2. The predicted octanol–water partition coefficient (Wildman–Crippen LogP) is 2.85. The molecule has 1 aliphatic carbocycles. The first-order valence-corrected chi connectivity index (χ1v) is 11.8. The number of rotatable bonds is 6. The van der Waals surface area contributed by atoms with Crippen LogP contribution in [0.2, 0.25) is 0 Å². The number of likely N-dealkylation sites (tertiary alicyclic amines) is 1. The van der Waals surface area contributed by atoms with Gasteiger partial charge < -0.3 is 15.7 Å². The lowest BCUT2D eigenvalue weighted by Crippen LogP contribution is -2.45. The first-order chi connectivity index (χ1) is 16.6. The monoisotopic (exact) mass is 490 g/mol. The summed E-state index contributed by atoms with van der Waals surface area (Å²) in [6, 6.07) is 9.90. The van der Waals surface area contributed by atoms with Gasteiger partial charge in [-0.3, -0.25) is 19.5 Å². The van der Waals surface area contributed by atoms with Crippen LogP contribution in [0.5, 0.6) is 0 Å². The Balaban J connectivity index is 1.21. The second kappa shape index (κ2) is 10.3. The van der Waals surface area contributed by atoms with Crippen molar-refractivity contribution in [3.8, 4) is 0 Å². The number of alkyl halides is 3. The Bertz CT molecular complexity index is 1040. The summed E-state index contributed by atoms with van der Waals surface area (Å²) < 4.78 is 38.5. The molecule has 188 valence electrons. The summed E-state index contributed by atoms with van der Waals surface area (Å²) in [5, 5.41) is 16.3. The van der Waals surface area contributed by atoms with Crippen LogP contribution < -0.4 is 10.6 Å². The molecule has 0 spiro atoms. The number of pyridine rings is 1. The molecule has 1 saturated carbocycles. The second-order valence-electron chi connectivity index (χ2n) is 9.29. The summed E-state index contributed by atoms with van der Waals surface area (Å²) in [5.74, 6) is -1.12. The number of benzene rings is 1. The molecule has 0 radical (unpaired) electrons. The molecule has 2 amide bonds. The van der Waals surface area contributed by atoms with Gasteiger partial charge in [0.05, 0.1) is 17.8 Å². The van der Waals surface area contributed by atoms with Gasteiger partial charge in [0.25, 0.3) is 5.91 Å². The highest BCUT2D eigenvalue weighted by Crippen LogP contribution is 2.38. The van der Waals surface area contributed by atoms with E-state index in [1.807, 2.05) is 18.2 Å². The Kier molecular flexibility index (Phi) is 7.42. The zero-order valence-electron chi connectivity index (χ0n) is 19.2. The van der Waals surface area contributed by atoms with Gasteiger partial charge in [-0.1, -0.05) is 12.1 Å². The summed E-state index contributed by atoms with van der Waals surface area (Å²) in [6.07, 6.45) is 0.843. The lowest BCUT2D eigenvalue weighted by molar-refractivity contribution is -0.137. The lowest BCUT2D eigenvalue weighted by Gasteiger charge is -2.39. The molecular weight excluding hydrogens is 461 g/mol. The average Bonchev–Trinajstić information content (AvgIpc) is 3.31. The molecule has 2 heterocycles. The van der Waals surface area contributed by atoms with Crippen LogP contribution in [0.4, 0.5) is 13.2 Å². The van der Waals surface area contributed by atoms with E-state index in [4.69, 9.17) is 0 Å². The summed E-state index contributed by atoms with van der Waals surface area (Å²) in [5.41, 5.74) is -1.26. The number of amides is 2. The van der Waals surface area contributed by atoms with Crippen molar-refractivity contribution >= 4 is 11.8 Å². The molecule has 2 aromatic rings. The highest BCUT2D eigenvalue weighted by atomic mass is 19.4. The Morgan fingerprint density at radius 2 is 1.89 bits per heavy atom. The van der Waals surface area contributed by atoms with Crippen LogP contribution in [-0.2, 0) is 16.6 Å². The summed E-state index contributed by atoms with van der Waals surface area (Å²) in [4.78, 5) is 31.1. The normalized spacial score (nSPS) is 25.3. The van der Waals surface area contributed by atoms with Gasteiger partial charge in [-0.25, -0.2) is 0 Å². The molecule has 4 rings (SSSR count). The van der Waals surface area contributed by atoms with Gasteiger partial charge in [0, 0.05) is 36.9 Å². The summed E-state index contributed by atoms with van der Waals surface area (Å²) in [7, 11) is 0. The minimum absolute atomic E-state index is 0.0652. The molecule has 1 aromatic carbocycles. The summed E-state index contributed by atoms with van der Waals surface area (Å²) >= 11 is 0.